The number of hydrogen-bond donors (Lipinski definition) is 0. The number of amides is 1. The maximum atomic E-state index is 16.0. The average molecular weight is 705 g/mol. The van der Waals surface area contributed by atoms with E-state index in [-0.39, 0.29) is 29.4 Å². The molecule has 48 heavy (non-hydrogen) atoms. The van der Waals surface area contributed by atoms with Gasteiger partial charge in [-0.15, -0.1) is 5.54 Å². The zero-order chi connectivity index (χ0) is 35.2. The van der Waals surface area contributed by atoms with Crippen LogP contribution in [-0.2, 0) is 4.74 Å². The van der Waals surface area contributed by atoms with Crippen LogP contribution in [-0.4, -0.2) is 102 Å². The van der Waals surface area contributed by atoms with Crippen molar-refractivity contribution < 1.29 is 23.0 Å². The summed E-state index contributed by atoms with van der Waals surface area (Å²) in [5.74, 6) is 3.02. The maximum absolute atomic E-state index is 16.0. The highest BCUT2D eigenvalue weighted by Gasteiger charge is 2.49. The summed E-state index contributed by atoms with van der Waals surface area (Å²) in [6.45, 7) is 21.9. The van der Waals surface area contributed by atoms with Gasteiger partial charge < -0.3 is 19.3 Å². The number of ether oxygens (including phenoxy) is 2. The number of carbonyl (C=O) groups is 1. The van der Waals surface area contributed by atoms with Crippen LogP contribution in [0.2, 0.25) is 21.8 Å². The van der Waals surface area contributed by atoms with Crippen molar-refractivity contribution in [3.05, 3.63) is 16.7 Å². The van der Waals surface area contributed by atoms with E-state index >= 15 is 4.39 Å². The van der Waals surface area contributed by atoms with Crippen molar-refractivity contribution in [2.75, 3.05) is 50.8 Å². The van der Waals surface area contributed by atoms with E-state index in [2.05, 4.69) is 67.9 Å². The standard InChI is InChI=1S/C35H51ClF2N6O3Si/c1-22(2)48(23(3)4,24(5)6)18-11-26-27-29(28(38)30(36)39-26)40-32(46-21-35-12-10-13-44(35)20-25(37)19-35)41-31(27)42-14-16-43(17-15-42)33(45)47-34(7,8)9/h22-25H,10,12-17,19-21H2,1-9H3/t25-,35+/m1/s1. The first-order valence-corrected chi connectivity index (χ1v) is 19.9. The van der Waals surface area contributed by atoms with Gasteiger partial charge >= 0.3 is 12.1 Å². The molecular formula is C35H51ClF2N6O3Si. The zero-order valence-corrected chi connectivity index (χ0v) is 31.7. The predicted molar refractivity (Wildman–Crippen MR) is 189 cm³/mol. The van der Waals surface area contributed by atoms with Gasteiger partial charge in [-0.2, -0.15) is 9.97 Å². The third-order valence-electron chi connectivity index (χ3n) is 10.4. The van der Waals surface area contributed by atoms with Crippen molar-refractivity contribution in [3.63, 3.8) is 0 Å². The molecule has 3 aliphatic rings. The summed E-state index contributed by atoms with van der Waals surface area (Å²) in [6.07, 6.45) is 0.873. The number of halogens is 3. The Kier molecular flexibility index (Phi) is 10.6. The lowest BCUT2D eigenvalue weighted by Crippen LogP contribution is -2.50. The number of nitrogens with zero attached hydrogens (tertiary/aromatic N) is 6. The Hall–Kier alpha value is -2.75. The van der Waals surface area contributed by atoms with Crippen LogP contribution < -0.4 is 9.64 Å². The summed E-state index contributed by atoms with van der Waals surface area (Å²) >= 11 is 6.43. The Balaban J connectivity index is 1.59. The van der Waals surface area contributed by atoms with E-state index in [0.717, 1.165) is 19.4 Å². The number of piperazine rings is 1. The highest BCUT2D eigenvalue weighted by atomic mass is 35.5. The van der Waals surface area contributed by atoms with Crippen molar-refractivity contribution in [1.29, 1.82) is 0 Å². The molecule has 2 aromatic heterocycles. The van der Waals surface area contributed by atoms with Crippen molar-refractivity contribution in [2.45, 2.75) is 116 Å². The third kappa shape index (κ3) is 7.10. The normalized spacial score (nSPS) is 22.1. The van der Waals surface area contributed by atoms with Crippen molar-refractivity contribution in [1.82, 2.24) is 24.8 Å². The zero-order valence-electron chi connectivity index (χ0n) is 29.9. The SMILES string of the molecule is CC(C)[Si](C#Cc1nc(Cl)c(F)c2nc(OC[C@@]34CCCN3C[C@H](F)C4)nc(N3CCN(C(=O)OC(C)(C)C)CC3)c12)(C(C)C)C(C)C. The molecule has 3 aliphatic heterocycles. The summed E-state index contributed by atoms with van der Waals surface area (Å²) < 4.78 is 42.3. The van der Waals surface area contributed by atoms with E-state index in [4.69, 9.17) is 26.1 Å². The van der Waals surface area contributed by atoms with Gasteiger partial charge in [0.2, 0.25) is 0 Å². The molecule has 1 amide bonds. The molecule has 2 atom stereocenters. The molecule has 0 aliphatic carbocycles. The van der Waals surface area contributed by atoms with Crippen molar-refractivity contribution in [3.8, 4) is 17.5 Å². The van der Waals surface area contributed by atoms with E-state index in [1.807, 2.05) is 25.7 Å². The quantitative estimate of drug-likeness (QED) is 0.168. The van der Waals surface area contributed by atoms with E-state index in [0.29, 0.717) is 72.7 Å². The van der Waals surface area contributed by atoms with Crippen LogP contribution in [0.15, 0.2) is 0 Å². The van der Waals surface area contributed by atoms with Gasteiger partial charge in [0.05, 0.1) is 10.9 Å². The Morgan fingerprint density at radius 1 is 1.04 bits per heavy atom. The molecule has 264 valence electrons. The van der Waals surface area contributed by atoms with E-state index in [9.17, 15) is 9.18 Å². The summed E-state index contributed by atoms with van der Waals surface area (Å²) in [6, 6.07) is -0.00839. The van der Waals surface area contributed by atoms with Gasteiger partial charge in [-0.25, -0.2) is 18.6 Å². The summed E-state index contributed by atoms with van der Waals surface area (Å²) in [5, 5.41) is 0.0478. The van der Waals surface area contributed by atoms with Crippen LogP contribution in [0.3, 0.4) is 0 Å². The van der Waals surface area contributed by atoms with Gasteiger partial charge in [-0.3, -0.25) is 4.90 Å². The van der Waals surface area contributed by atoms with Crippen LogP contribution in [0, 0.1) is 17.3 Å². The topological polar surface area (TPSA) is 83.9 Å². The molecule has 3 saturated heterocycles. The second kappa shape index (κ2) is 13.9. The number of aromatic nitrogens is 3. The largest absolute Gasteiger partial charge is 0.461 e. The molecule has 0 spiro atoms. The number of carbonyl (C=O) groups excluding carboxylic acids is 1. The minimum absolute atomic E-state index is 0.00839. The highest BCUT2D eigenvalue weighted by Crippen LogP contribution is 2.42. The number of alkyl halides is 1. The number of rotatable bonds is 7. The maximum Gasteiger partial charge on any atom is 0.410 e. The third-order valence-corrected chi connectivity index (χ3v) is 17.0. The molecule has 5 heterocycles. The van der Waals surface area contributed by atoms with Crippen LogP contribution in [0.5, 0.6) is 6.01 Å². The molecule has 3 fully saturated rings. The summed E-state index contributed by atoms with van der Waals surface area (Å²) in [7, 11) is -2.20. The van der Waals surface area contributed by atoms with Crippen molar-refractivity contribution >= 4 is 42.5 Å². The molecule has 13 heteroatoms. The molecule has 5 rings (SSSR count). The Morgan fingerprint density at radius 3 is 2.29 bits per heavy atom. The Bertz CT molecular complexity index is 1560. The molecule has 0 unspecified atom stereocenters. The molecule has 2 aromatic rings. The second-order valence-corrected chi connectivity index (χ2v) is 21.5. The van der Waals surface area contributed by atoms with E-state index in [1.54, 1.807) is 4.90 Å². The summed E-state index contributed by atoms with van der Waals surface area (Å²) in [5.41, 5.74) is 4.07. The van der Waals surface area contributed by atoms with Crippen LogP contribution in [0.4, 0.5) is 19.4 Å². The fraction of sp³-hybridized carbons (Fsp3) is 0.714. The fourth-order valence-corrected chi connectivity index (χ4v) is 13.5. The van der Waals surface area contributed by atoms with Crippen LogP contribution in [0.1, 0.15) is 87.3 Å². The first-order chi connectivity index (χ1) is 22.5. The lowest BCUT2D eigenvalue weighted by molar-refractivity contribution is 0.0240. The minimum atomic E-state index is -2.20. The number of hydrogen-bond acceptors (Lipinski definition) is 8. The summed E-state index contributed by atoms with van der Waals surface area (Å²) in [4.78, 5) is 32.5. The smallest absolute Gasteiger partial charge is 0.410 e. The minimum Gasteiger partial charge on any atom is -0.461 e. The second-order valence-electron chi connectivity index (χ2n) is 15.6. The van der Waals surface area contributed by atoms with Crippen LogP contribution in [0.25, 0.3) is 10.9 Å². The van der Waals surface area contributed by atoms with Crippen molar-refractivity contribution in [2.24, 2.45) is 0 Å². The Morgan fingerprint density at radius 2 is 1.69 bits per heavy atom. The van der Waals surface area contributed by atoms with Gasteiger partial charge in [0.15, 0.2) is 11.0 Å². The lowest BCUT2D eigenvalue weighted by Gasteiger charge is -2.38. The van der Waals surface area contributed by atoms with Crippen LogP contribution >= 0.6 is 11.6 Å². The molecular weight excluding hydrogens is 654 g/mol. The fourth-order valence-electron chi connectivity index (χ4n) is 8.17. The number of pyridine rings is 1. The monoisotopic (exact) mass is 704 g/mol. The molecule has 0 radical (unpaired) electrons. The Labute approximate surface area is 290 Å². The molecule has 9 nitrogen and oxygen atoms in total. The number of fused-ring (bicyclic) bond motifs is 2. The first kappa shape index (κ1) is 36.5. The van der Waals surface area contributed by atoms with Gasteiger partial charge in [0, 0.05) is 39.1 Å². The first-order valence-electron chi connectivity index (χ1n) is 17.3. The van der Waals surface area contributed by atoms with E-state index < -0.39 is 31.2 Å². The lowest BCUT2D eigenvalue weighted by atomic mass is 9.95. The average Bonchev–Trinajstić information content (AvgIpc) is 3.52. The van der Waals surface area contributed by atoms with Gasteiger partial charge in [-0.05, 0) is 56.8 Å². The molecule has 0 aromatic carbocycles. The molecule has 0 saturated carbocycles. The van der Waals surface area contributed by atoms with Gasteiger partial charge in [-0.1, -0.05) is 59.1 Å². The predicted octanol–water partition coefficient (Wildman–Crippen LogP) is 7.40. The van der Waals surface area contributed by atoms with Gasteiger partial charge in [0.25, 0.3) is 0 Å². The highest BCUT2D eigenvalue weighted by molar-refractivity contribution is 6.90. The van der Waals surface area contributed by atoms with E-state index in [1.165, 1.54) is 0 Å². The van der Waals surface area contributed by atoms with Gasteiger partial charge in [0.1, 0.15) is 43.5 Å². The number of anilines is 1. The molecule has 0 bridgehead atoms. The molecule has 0 N–H and O–H groups in total.